The van der Waals surface area contributed by atoms with Crippen molar-refractivity contribution in [1.82, 2.24) is 5.32 Å². The summed E-state index contributed by atoms with van der Waals surface area (Å²) in [6.45, 7) is 7.64. The van der Waals surface area contributed by atoms with Crippen molar-refractivity contribution in [3.05, 3.63) is 42.1 Å². The average molecular weight is 260 g/mol. The molecular weight excluding hydrogens is 240 g/mol. The van der Waals surface area contributed by atoms with E-state index in [1.54, 1.807) is 30.5 Å². The number of benzene rings is 1. The Hall–Kier alpha value is -2.10. The number of nitrogens with one attached hydrogen (secondary N) is 2. The second kappa shape index (κ2) is 6.18. The number of rotatable bonds is 3. The number of urea groups is 1. The predicted octanol–water partition coefficient (Wildman–Crippen LogP) is 3.57. The zero-order chi connectivity index (χ0) is 14.5. The van der Waals surface area contributed by atoms with Crippen molar-refractivity contribution in [1.29, 1.82) is 0 Å². The fraction of sp³-hybridized carbons (Fsp3) is 0.333. The molecule has 0 atom stereocenters. The van der Waals surface area contributed by atoms with Gasteiger partial charge in [-0.1, -0.05) is 26.8 Å². The summed E-state index contributed by atoms with van der Waals surface area (Å²) in [5.74, 6) is 0.00381. The number of amides is 2. The first-order valence-corrected chi connectivity index (χ1v) is 6.14. The third-order valence-corrected chi connectivity index (χ3v) is 2.35. The van der Waals surface area contributed by atoms with E-state index in [1.165, 1.54) is 6.92 Å². The smallest absolute Gasteiger partial charge is 0.315 e. The largest absolute Gasteiger partial charge is 0.323 e. The normalized spacial score (nSPS) is 11.4. The first-order valence-electron chi connectivity index (χ1n) is 6.14. The fourth-order valence-corrected chi connectivity index (χ4v) is 1.32. The second-order valence-electron chi connectivity index (χ2n) is 5.43. The third-order valence-electron chi connectivity index (χ3n) is 2.35. The Labute approximate surface area is 113 Å². The molecule has 0 fully saturated rings. The quantitative estimate of drug-likeness (QED) is 0.816. The summed E-state index contributed by atoms with van der Waals surface area (Å²) in [6.07, 6.45) is 3.53. The molecule has 0 radical (unpaired) electrons. The average Bonchev–Trinajstić information content (AvgIpc) is 2.27. The number of anilines is 1. The maximum absolute atomic E-state index is 11.6. The SMILES string of the molecule is CC(=O)c1ccc(NC(=O)N/C=C/C(C)(C)C)cc1. The van der Waals surface area contributed by atoms with Gasteiger partial charge in [-0.25, -0.2) is 4.79 Å². The van der Waals surface area contributed by atoms with Crippen molar-refractivity contribution >= 4 is 17.5 Å². The fourth-order valence-electron chi connectivity index (χ4n) is 1.32. The lowest BCUT2D eigenvalue weighted by molar-refractivity contribution is 0.101. The van der Waals surface area contributed by atoms with Gasteiger partial charge in [-0.3, -0.25) is 4.79 Å². The van der Waals surface area contributed by atoms with Gasteiger partial charge in [-0.15, -0.1) is 0 Å². The molecule has 2 N–H and O–H groups in total. The van der Waals surface area contributed by atoms with Crippen molar-refractivity contribution in [3.8, 4) is 0 Å². The van der Waals surface area contributed by atoms with Gasteiger partial charge in [-0.05, 0) is 36.6 Å². The van der Waals surface area contributed by atoms with Gasteiger partial charge in [0, 0.05) is 17.5 Å². The highest BCUT2D eigenvalue weighted by Gasteiger charge is 2.05. The van der Waals surface area contributed by atoms with E-state index in [0.29, 0.717) is 11.3 Å². The van der Waals surface area contributed by atoms with Gasteiger partial charge in [0.25, 0.3) is 0 Å². The zero-order valence-electron chi connectivity index (χ0n) is 11.8. The minimum absolute atomic E-state index is 0.00381. The zero-order valence-corrected chi connectivity index (χ0v) is 11.8. The van der Waals surface area contributed by atoms with E-state index in [9.17, 15) is 9.59 Å². The van der Waals surface area contributed by atoms with E-state index >= 15 is 0 Å². The number of hydrogen-bond donors (Lipinski definition) is 2. The molecule has 4 heteroatoms. The molecule has 0 aromatic heterocycles. The lowest BCUT2D eigenvalue weighted by Crippen LogP contribution is -2.24. The van der Waals surface area contributed by atoms with Crippen LogP contribution >= 0.6 is 0 Å². The molecule has 0 bridgehead atoms. The summed E-state index contributed by atoms with van der Waals surface area (Å²) >= 11 is 0. The van der Waals surface area contributed by atoms with Crippen LogP contribution in [-0.2, 0) is 0 Å². The van der Waals surface area contributed by atoms with Crippen molar-refractivity contribution in [2.24, 2.45) is 5.41 Å². The van der Waals surface area contributed by atoms with E-state index < -0.39 is 0 Å². The lowest BCUT2D eigenvalue weighted by Gasteiger charge is -2.11. The Bertz CT molecular complexity index is 482. The van der Waals surface area contributed by atoms with Crippen molar-refractivity contribution in [3.63, 3.8) is 0 Å². The number of carbonyl (C=O) groups excluding carboxylic acids is 2. The molecule has 0 saturated heterocycles. The predicted molar refractivity (Wildman–Crippen MR) is 77.2 cm³/mol. The summed E-state index contributed by atoms with van der Waals surface area (Å²) < 4.78 is 0. The van der Waals surface area contributed by atoms with Crippen LogP contribution in [0.2, 0.25) is 0 Å². The first-order chi connectivity index (χ1) is 8.78. The van der Waals surface area contributed by atoms with Crippen LogP contribution in [-0.4, -0.2) is 11.8 Å². The molecular formula is C15H20N2O2. The minimum Gasteiger partial charge on any atom is -0.315 e. The molecule has 0 heterocycles. The second-order valence-corrected chi connectivity index (χ2v) is 5.43. The van der Waals surface area contributed by atoms with Gasteiger partial charge >= 0.3 is 6.03 Å². The van der Waals surface area contributed by atoms with E-state index in [2.05, 4.69) is 10.6 Å². The van der Waals surface area contributed by atoms with Crippen molar-refractivity contribution < 1.29 is 9.59 Å². The van der Waals surface area contributed by atoms with Crippen LogP contribution in [0.25, 0.3) is 0 Å². The van der Waals surface area contributed by atoms with Gasteiger partial charge in [0.05, 0.1) is 0 Å². The van der Waals surface area contributed by atoms with Crippen molar-refractivity contribution in [2.45, 2.75) is 27.7 Å². The van der Waals surface area contributed by atoms with Crippen LogP contribution < -0.4 is 10.6 Å². The van der Waals surface area contributed by atoms with E-state index in [1.807, 2.05) is 26.8 Å². The number of carbonyl (C=O) groups is 2. The van der Waals surface area contributed by atoms with Crippen LogP contribution in [0.15, 0.2) is 36.5 Å². The Balaban J connectivity index is 2.53. The van der Waals surface area contributed by atoms with Crippen LogP contribution in [0, 0.1) is 5.41 Å². The van der Waals surface area contributed by atoms with Crippen LogP contribution in [0.4, 0.5) is 10.5 Å². The molecule has 1 aromatic carbocycles. The van der Waals surface area contributed by atoms with Gasteiger partial charge in [0.2, 0.25) is 0 Å². The molecule has 19 heavy (non-hydrogen) atoms. The number of allylic oxidation sites excluding steroid dienone is 1. The Morgan fingerprint density at radius 3 is 2.16 bits per heavy atom. The highest BCUT2D eigenvalue weighted by atomic mass is 16.2. The Kier molecular flexibility index (Phi) is 4.87. The van der Waals surface area contributed by atoms with Crippen molar-refractivity contribution in [2.75, 3.05) is 5.32 Å². The van der Waals surface area contributed by atoms with E-state index in [0.717, 1.165) is 0 Å². The maximum atomic E-state index is 11.6. The highest BCUT2D eigenvalue weighted by molar-refractivity contribution is 5.95. The lowest BCUT2D eigenvalue weighted by atomic mass is 9.97. The highest BCUT2D eigenvalue weighted by Crippen LogP contribution is 2.13. The number of Topliss-reactive ketones (excluding diaryl/α,β-unsaturated/α-hetero) is 1. The van der Waals surface area contributed by atoms with Gasteiger partial charge < -0.3 is 10.6 Å². The maximum Gasteiger partial charge on any atom is 0.323 e. The summed E-state index contributed by atoms with van der Waals surface area (Å²) in [5.41, 5.74) is 1.29. The number of hydrogen-bond acceptors (Lipinski definition) is 2. The molecule has 102 valence electrons. The standard InChI is InChI=1S/C15H20N2O2/c1-11(18)12-5-7-13(8-6-12)17-14(19)16-10-9-15(2,3)4/h5-10H,1-4H3,(H2,16,17,19)/b10-9+. The summed E-state index contributed by atoms with van der Waals surface area (Å²) in [5, 5.41) is 5.31. The van der Waals surface area contributed by atoms with E-state index in [-0.39, 0.29) is 17.2 Å². The Morgan fingerprint density at radius 2 is 1.68 bits per heavy atom. The molecule has 0 aliphatic carbocycles. The summed E-state index contributed by atoms with van der Waals surface area (Å²) in [7, 11) is 0. The molecule has 4 nitrogen and oxygen atoms in total. The van der Waals surface area contributed by atoms with Crippen LogP contribution in [0.5, 0.6) is 0 Å². The van der Waals surface area contributed by atoms with E-state index in [4.69, 9.17) is 0 Å². The molecule has 1 rings (SSSR count). The van der Waals surface area contributed by atoms with Gasteiger partial charge in [0.15, 0.2) is 5.78 Å². The summed E-state index contributed by atoms with van der Waals surface area (Å²) in [4.78, 5) is 22.7. The Morgan fingerprint density at radius 1 is 1.11 bits per heavy atom. The monoisotopic (exact) mass is 260 g/mol. The minimum atomic E-state index is -0.309. The molecule has 0 unspecified atom stereocenters. The third kappa shape index (κ3) is 5.86. The molecule has 0 aliphatic heterocycles. The molecule has 0 aliphatic rings. The topological polar surface area (TPSA) is 58.2 Å². The van der Waals surface area contributed by atoms with Crippen LogP contribution in [0.3, 0.4) is 0 Å². The molecule has 0 saturated carbocycles. The van der Waals surface area contributed by atoms with Crippen LogP contribution in [0.1, 0.15) is 38.1 Å². The number of ketones is 1. The summed E-state index contributed by atoms with van der Waals surface area (Å²) in [6, 6.07) is 6.45. The first kappa shape index (κ1) is 15.0. The van der Waals surface area contributed by atoms with Gasteiger partial charge in [0.1, 0.15) is 0 Å². The molecule has 0 spiro atoms. The molecule has 2 amide bonds. The van der Waals surface area contributed by atoms with Gasteiger partial charge in [-0.2, -0.15) is 0 Å². The molecule has 1 aromatic rings.